The highest BCUT2D eigenvalue weighted by atomic mass is 79.9. The first kappa shape index (κ1) is 17.8. The first-order chi connectivity index (χ1) is 10.2. The molecule has 2 heterocycles. The van der Waals surface area contributed by atoms with Gasteiger partial charge < -0.3 is 10.2 Å². The van der Waals surface area contributed by atoms with E-state index in [0.717, 1.165) is 49.4 Å². The Hall–Kier alpha value is -0.580. The maximum absolute atomic E-state index is 12.5. The summed E-state index contributed by atoms with van der Waals surface area (Å²) in [5.41, 5.74) is 2.67. The molecular weight excluding hydrogens is 364 g/mol. The van der Waals surface area contributed by atoms with Gasteiger partial charge in [-0.2, -0.15) is 0 Å². The second kappa shape index (κ2) is 8.32. The fourth-order valence-corrected chi connectivity index (χ4v) is 3.94. The lowest BCUT2D eigenvalue weighted by atomic mass is 9.92. The molecule has 0 radical (unpaired) electrons. The van der Waals surface area contributed by atoms with Crippen molar-refractivity contribution in [3.63, 3.8) is 0 Å². The van der Waals surface area contributed by atoms with E-state index in [4.69, 9.17) is 0 Å². The largest absolute Gasteiger partial charge is 0.338 e. The summed E-state index contributed by atoms with van der Waals surface area (Å²) in [6.45, 7) is 3.86. The van der Waals surface area contributed by atoms with Gasteiger partial charge in [0.15, 0.2) is 0 Å². The molecule has 1 saturated heterocycles. The third-order valence-electron chi connectivity index (χ3n) is 4.79. The summed E-state index contributed by atoms with van der Waals surface area (Å²) >= 11 is 3.62. The van der Waals surface area contributed by atoms with Crippen LogP contribution in [0.1, 0.15) is 36.8 Å². The number of benzene rings is 1. The molecule has 5 heteroatoms. The zero-order valence-electron chi connectivity index (χ0n) is 12.8. The number of amides is 1. The van der Waals surface area contributed by atoms with E-state index in [9.17, 15) is 4.79 Å². The van der Waals surface area contributed by atoms with E-state index in [1.54, 1.807) is 0 Å². The Bertz CT molecular complexity index is 517. The van der Waals surface area contributed by atoms with Crippen molar-refractivity contribution in [1.82, 2.24) is 10.2 Å². The number of nitrogens with zero attached hydrogens (tertiary/aromatic N) is 1. The predicted octanol–water partition coefficient (Wildman–Crippen LogP) is 3.54. The van der Waals surface area contributed by atoms with Crippen molar-refractivity contribution in [1.29, 1.82) is 0 Å². The zero-order valence-corrected chi connectivity index (χ0v) is 15.2. The summed E-state index contributed by atoms with van der Waals surface area (Å²) in [6, 6.07) is 6.33. The minimum atomic E-state index is 0. The second-order valence-electron chi connectivity index (χ2n) is 6.17. The SMILES string of the molecule is Cl.O=C(CCC1CCNCC1)N1CCc2cccc(Br)c2C1. The van der Waals surface area contributed by atoms with Crippen LogP contribution in [-0.2, 0) is 17.8 Å². The third-order valence-corrected chi connectivity index (χ3v) is 5.54. The predicted molar refractivity (Wildman–Crippen MR) is 95.3 cm³/mol. The van der Waals surface area contributed by atoms with Crippen LogP contribution < -0.4 is 5.32 Å². The summed E-state index contributed by atoms with van der Waals surface area (Å²) in [6.07, 6.45) is 5.20. The first-order valence-corrected chi connectivity index (χ1v) is 8.78. The van der Waals surface area contributed by atoms with Gasteiger partial charge in [0.25, 0.3) is 0 Å². The molecule has 0 aromatic heterocycles. The maximum Gasteiger partial charge on any atom is 0.222 e. The summed E-state index contributed by atoms with van der Waals surface area (Å²) in [5.74, 6) is 1.06. The Labute approximate surface area is 147 Å². The Morgan fingerprint density at radius 1 is 1.32 bits per heavy atom. The van der Waals surface area contributed by atoms with Crippen LogP contribution in [0.2, 0.25) is 0 Å². The highest BCUT2D eigenvalue weighted by molar-refractivity contribution is 9.10. The standard InChI is InChI=1S/C17H23BrN2O.ClH/c18-16-3-1-2-14-8-11-20(12-15(14)16)17(21)5-4-13-6-9-19-10-7-13;/h1-3,13,19H,4-12H2;1H. The molecule has 0 unspecified atom stereocenters. The highest BCUT2D eigenvalue weighted by Crippen LogP contribution is 2.27. The third kappa shape index (κ3) is 4.24. The van der Waals surface area contributed by atoms with Crippen molar-refractivity contribution in [2.24, 2.45) is 5.92 Å². The van der Waals surface area contributed by atoms with Crippen LogP contribution in [0, 0.1) is 5.92 Å². The van der Waals surface area contributed by atoms with E-state index in [-0.39, 0.29) is 12.4 Å². The summed E-state index contributed by atoms with van der Waals surface area (Å²) in [5, 5.41) is 3.38. The molecule has 0 spiro atoms. The smallest absolute Gasteiger partial charge is 0.222 e. The molecule has 1 N–H and O–H groups in total. The average Bonchev–Trinajstić information content (AvgIpc) is 2.54. The van der Waals surface area contributed by atoms with Crippen molar-refractivity contribution in [2.75, 3.05) is 19.6 Å². The lowest BCUT2D eigenvalue weighted by Crippen LogP contribution is -2.36. The Kier molecular flexibility index (Phi) is 6.72. The lowest BCUT2D eigenvalue weighted by Gasteiger charge is -2.30. The molecule has 2 aliphatic rings. The van der Waals surface area contributed by atoms with E-state index in [0.29, 0.717) is 12.3 Å². The topological polar surface area (TPSA) is 32.3 Å². The van der Waals surface area contributed by atoms with Crippen LogP contribution in [0.15, 0.2) is 22.7 Å². The molecule has 0 aliphatic carbocycles. The van der Waals surface area contributed by atoms with Gasteiger partial charge in [-0.3, -0.25) is 4.79 Å². The van der Waals surface area contributed by atoms with Crippen molar-refractivity contribution in [2.45, 2.75) is 38.6 Å². The fourth-order valence-electron chi connectivity index (χ4n) is 3.41. The van der Waals surface area contributed by atoms with Gasteiger partial charge in [0.05, 0.1) is 0 Å². The lowest BCUT2D eigenvalue weighted by molar-refractivity contribution is -0.132. The number of carbonyl (C=O) groups excluding carboxylic acids is 1. The monoisotopic (exact) mass is 386 g/mol. The molecule has 122 valence electrons. The molecular formula is C17H24BrClN2O. The van der Waals surface area contributed by atoms with Crippen molar-refractivity contribution in [3.8, 4) is 0 Å². The van der Waals surface area contributed by atoms with Crippen molar-refractivity contribution in [3.05, 3.63) is 33.8 Å². The van der Waals surface area contributed by atoms with Crippen molar-refractivity contribution < 1.29 is 4.79 Å². The van der Waals surface area contributed by atoms with E-state index >= 15 is 0 Å². The van der Waals surface area contributed by atoms with Crippen LogP contribution in [0.3, 0.4) is 0 Å². The number of carbonyl (C=O) groups is 1. The number of fused-ring (bicyclic) bond motifs is 1. The van der Waals surface area contributed by atoms with Crippen LogP contribution in [0.5, 0.6) is 0 Å². The number of hydrogen-bond donors (Lipinski definition) is 1. The Balaban J connectivity index is 0.00000176. The summed E-state index contributed by atoms with van der Waals surface area (Å²) in [4.78, 5) is 14.5. The molecule has 0 atom stereocenters. The normalized spacial score (nSPS) is 18.5. The van der Waals surface area contributed by atoms with Crippen LogP contribution >= 0.6 is 28.3 Å². The molecule has 2 aliphatic heterocycles. The number of nitrogens with one attached hydrogen (secondary N) is 1. The Morgan fingerprint density at radius 3 is 2.86 bits per heavy atom. The van der Waals surface area contributed by atoms with Crippen molar-refractivity contribution >= 4 is 34.2 Å². The quantitative estimate of drug-likeness (QED) is 0.860. The molecule has 1 amide bonds. The van der Waals surface area contributed by atoms with Gasteiger partial charge in [-0.05, 0) is 61.9 Å². The highest BCUT2D eigenvalue weighted by Gasteiger charge is 2.23. The molecule has 1 fully saturated rings. The average molecular weight is 388 g/mol. The van der Waals surface area contributed by atoms with Gasteiger partial charge in [-0.25, -0.2) is 0 Å². The van der Waals surface area contributed by atoms with E-state index in [1.165, 1.54) is 24.0 Å². The zero-order chi connectivity index (χ0) is 14.7. The van der Waals surface area contributed by atoms with Gasteiger partial charge in [-0.15, -0.1) is 12.4 Å². The van der Waals surface area contributed by atoms with Gasteiger partial charge in [-0.1, -0.05) is 28.1 Å². The second-order valence-corrected chi connectivity index (χ2v) is 7.03. The number of piperidine rings is 1. The van der Waals surface area contributed by atoms with E-state index in [2.05, 4.69) is 39.4 Å². The molecule has 3 rings (SSSR count). The van der Waals surface area contributed by atoms with Crippen LogP contribution in [0.4, 0.5) is 0 Å². The molecule has 0 saturated carbocycles. The Morgan fingerprint density at radius 2 is 2.09 bits per heavy atom. The minimum absolute atomic E-state index is 0. The molecule has 1 aromatic carbocycles. The number of halogens is 2. The van der Waals surface area contributed by atoms with Gasteiger partial charge in [0.1, 0.15) is 0 Å². The maximum atomic E-state index is 12.5. The number of rotatable bonds is 3. The minimum Gasteiger partial charge on any atom is -0.338 e. The van der Waals surface area contributed by atoms with E-state index in [1.807, 2.05) is 4.90 Å². The molecule has 1 aromatic rings. The van der Waals surface area contributed by atoms with Crippen LogP contribution in [0.25, 0.3) is 0 Å². The van der Waals surface area contributed by atoms with Gasteiger partial charge in [0, 0.05) is 24.0 Å². The molecule has 22 heavy (non-hydrogen) atoms. The fraction of sp³-hybridized carbons (Fsp3) is 0.588. The van der Waals surface area contributed by atoms with Crippen LogP contribution in [-0.4, -0.2) is 30.4 Å². The van der Waals surface area contributed by atoms with Gasteiger partial charge >= 0.3 is 0 Å². The molecule has 3 nitrogen and oxygen atoms in total. The number of hydrogen-bond acceptors (Lipinski definition) is 2. The molecule has 0 bridgehead atoms. The van der Waals surface area contributed by atoms with Gasteiger partial charge in [0.2, 0.25) is 5.91 Å². The first-order valence-electron chi connectivity index (χ1n) is 7.99. The van der Waals surface area contributed by atoms with E-state index < -0.39 is 0 Å². The summed E-state index contributed by atoms with van der Waals surface area (Å²) < 4.78 is 1.14. The summed E-state index contributed by atoms with van der Waals surface area (Å²) in [7, 11) is 0.